The highest BCUT2D eigenvalue weighted by atomic mass is 19.4. The van der Waals surface area contributed by atoms with Crippen LogP contribution in [0.15, 0.2) is 24.3 Å². The average Bonchev–Trinajstić information content (AvgIpc) is 2.45. The number of hydrogen-bond donors (Lipinski definition) is 1. The van der Waals surface area contributed by atoms with Crippen molar-refractivity contribution in [2.24, 2.45) is 11.8 Å². The van der Waals surface area contributed by atoms with Crippen LogP contribution in [0, 0.1) is 11.8 Å². The van der Waals surface area contributed by atoms with Crippen molar-refractivity contribution in [3.05, 3.63) is 35.4 Å². The monoisotopic (exact) mass is 299 g/mol. The Kier molecular flexibility index (Phi) is 5.31. The molecule has 0 radical (unpaired) electrons. The number of hydrogen-bond acceptors (Lipinski definition) is 1. The van der Waals surface area contributed by atoms with Gasteiger partial charge < -0.3 is 5.32 Å². The Morgan fingerprint density at radius 3 is 2.14 bits per heavy atom. The Hall–Kier alpha value is -1.03. The lowest BCUT2D eigenvalue weighted by molar-refractivity contribution is -0.137. The van der Waals surface area contributed by atoms with Crippen LogP contribution in [0.3, 0.4) is 0 Å². The molecule has 0 aliphatic heterocycles. The second-order valence-electron chi connectivity index (χ2n) is 6.31. The van der Waals surface area contributed by atoms with Gasteiger partial charge in [0.2, 0.25) is 0 Å². The van der Waals surface area contributed by atoms with E-state index < -0.39 is 11.7 Å². The minimum Gasteiger partial charge on any atom is -0.316 e. The van der Waals surface area contributed by atoms with Crippen molar-refractivity contribution in [3.8, 4) is 0 Å². The van der Waals surface area contributed by atoms with E-state index in [9.17, 15) is 13.2 Å². The Balaban J connectivity index is 1.98. The third-order valence-electron chi connectivity index (χ3n) is 4.74. The van der Waals surface area contributed by atoms with E-state index in [4.69, 9.17) is 0 Å². The third kappa shape index (κ3) is 4.47. The van der Waals surface area contributed by atoms with Crippen molar-refractivity contribution in [2.45, 2.75) is 51.2 Å². The summed E-state index contributed by atoms with van der Waals surface area (Å²) in [6.07, 6.45) is 1.50. The van der Waals surface area contributed by atoms with Gasteiger partial charge in [-0.05, 0) is 55.8 Å². The van der Waals surface area contributed by atoms with Crippen LogP contribution in [0.1, 0.15) is 43.7 Å². The van der Waals surface area contributed by atoms with Crippen LogP contribution in [-0.2, 0) is 12.6 Å². The molecule has 1 nitrogen and oxygen atoms in total. The predicted octanol–water partition coefficient (Wildman–Crippen LogP) is 4.66. The first kappa shape index (κ1) is 16.3. The molecule has 0 amide bonds. The van der Waals surface area contributed by atoms with Crippen LogP contribution in [0.2, 0.25) is 0 Å². The largest absolute Gasteiger partial charge is 0.416 e. The fourth-order valence-corrected chi connectivity index (χ4v) is 3.28. The first-order valence-corrected chi connectivity index (χ1v) is 7.73. The highest BCUT2D eigenvalue weighted by Gasteiger charge is 2.30. The van der Waals surface area contributed by atoms with Gasteiger partial charge in [-0.25, -0.2) is 0 Å². The number of rotatable bonds is 4. The molecule has 0 saturated heterocycles. The van der Waals surface area contributed by atoms with Crippen LogP contribution in [0.5, 0.6) is 0 Å². The molecular formula is C17H24F3N. The van der Waals surface area contributed by atoms with E-state index in [0.29, 0.717) is 12.0 Å². The van der Waals surface area contributed by atoms with E-state index in [0.717, 1.165) is 17.9 Å². The summed E-state index contributed by atoms with van der Waals surface area (Å²) >= 11 is 0. The second-order valence-corrected chi connectivity index (χ2v) is 6.31. The van der Waals surface area contributed by atoms with Crippen molar-refractivity contribution in [3.63, 3.8) is 0 Å². The van der Waals surface area contributed by atoms with Gasteiger partial charge in [0.15, 0.2) is 0 Å². The molecule has 1 saturated carbocycles. The van der Waals surface area contributed by atoms with Gasteiger partial charge in [-0.3, -0.25) is 0 Å². The minimum absolute atomic E-state index is 0.356. The quantitative estimate of drug-likeness (QED) is 0.852. The maximum absolute atomic E-state index is 12.6. The lowest BCUT2D eigenvalue weighted by Gasteiger charge is -2.32. The standard InChI is InChI=1S/C17H24F3N/c1-12-3-7-14(8-4-12)16(21-2)11-13-5-9-15(10-6-13)17(18,19)20/h5-6,9-10,12,14,16,21H,3-4,7-8,11H2,1-2H3. The molecule has 1 fully saturated rings. The average molecular weight is 299 g/mol. The number of halogens is 3. The number of alkyl halides is 3. The van der Waals surface area contributed by atoms with E-state index in [1.54, 1.807) is 12.1 Å². The van der Waals surface area contributed by atoms with Gasteiger partial charge in [-0.15, -0.1) is 0 Å². The van der Waals surface area contributed by atoms with Gasteiger partial charge in [0.05, 0.1) is 5.56 Å². The first-order chi connectivity index (χ1) is 9.90. The predicted molar refractivity (Wildman–Crippen MR) is 79.1 cm³/mol. The Bertz CT molecular complexity index is 430. The van der Waals surface area contributed by atoms with Crippen LogP contribution in [0.25, 0.3) is 0 Å². The summed E-state index contributed by atoms with van der Waals surface area (Å²) in [5.41, 5.74) is 0.403. The van der Waals surface area contributed by atoms with Crippen LogP contribution in [-0.4, -0.2) is 13.1 Å². The molecule has 1 aromatic rings. The molecule has 1 unspecified atom stereocenters. The Labute approximate surface area is 124 Å². The summed E-state index contributed by atoms with van der Waals surface area (Å²) < 4.78 is 37.7. The van der Waals surface area contributed by atoms with E-state index in [1.165, 1.54) is 37.8 Å². The summed E-state index contributed by atoms with van der Waals surface area (Å²) in [6, 6.07) is 5.95. The summed E-state index contributed by atoms with van der Waals surface area (Å²) in [5, 5.41) is 3.36. The van der Waals surface area contributed by atoms with Gasteiger partial charge in [-0.2, -0.15) is 13.2 Å². The SMILES string of the molecule is CNC(Cc1ccc(C(F)(F)F)cc1)C1CCC(C)CC1. The lowest BCUT2D eigenvalue weighted by Crippen LogP contribution is -2.37. The van der Waals surface area contributed by atoms with Crippen molar-refractivity contribution in [2.75, 3.05) is 7.05 Å². The molecule has 4 heteroatoms. The molecule has 1 aliphatic carbocycles. The molecule has 0 spiro atoms. The second kappa shape index (κ2) is 6.82. The number of nitrogens with one attached hydrogen (secondary N) is 1. The third-order valence-corrected chi connectivity index (χ3v) is 4.74. The summed E-state index contributed by atoms with van der Waals surface area (Å²) in [6.45, 7) is 2.29. The molecule has 0 heterocycles. The fourth-order valence-electron chi connectivity index (χ4n) is 3.28. The zero-order chi connectivity index (χ0) is 15.5. The van der Waals surface area contributed by atoms with E-state index in [-0.39, 0.29) is 0 Å². The molecular weight excluding hydrogens is 275 g/mol. The zero-order valence-corrected chi connectivity index (χ0v) is 12.7. The van der Waals surface area contributed by atoms with Gasteiger partial charge in [-0.1, -0.05) is 31.9 Å². The molecule has 21 heavy (non-hydrogen) atoms. The minimum atomic E-state index is -4.25. The topological polar surface area (TPSA) is 12.0 Å². The molecule has 118 valence electrons. The van der Waals surface area contributed by atoms with Crippen LogP contribution < -0.4 is 5.32 Å². The maximum atomic E-state index is 12.6. The summed E-state index contributed by atoms with van der Waals surface area (Å²) in [7, 11) is 1.95. The smallest absolute Gasteiger partial charge is 0.316 e. The van der Waals surface area contributed by atoms with E-state index in [2.05, 4.69) is 12.2 Å². The number of likely N-dealkylation sites (N-methyl/N-ethyl adjacent to an activating group) is 1. The molecule has 0 aromatic heterocycles. The van der Waals surface area contributed by atoms with Crippen molar-refractivity contribution >= 4 is 0 Å². The van der Waals surface area contributed by atoms with Gasteiger partial charge >= 0.3 is 6.18 Å². The van der Waals surface area contributed by atoms with Crippen molar-refractivity contribution < 1.29 is 13.2 Å². The van der Waals surface area contributed by atoms with Crippen molar-refractivity contribution in [1.29, 1.82) is 0 Å². The van der Waals surface area contributed by atoms with Crippen LogP contribution in [0.4, 0.5) is 13.2 Å². The molecule has 0 bridgehead atoms. The Morgan fingerprint density at radius 2 is 1.67 bits per heavy atom. The summed E-state index contributed by atoms with van der Waals surface area (Å²) in [5.74, 6) is 1.44. The molecule has 2 rings (SSSR count). The van der Waals surface area contributed by atoms with E-state index in [1.807, 2.05) is 7.05 Å². The highest BCUT2D eigenvalue weighted by Crippen LogP contribution is 2.32. The molecule has 1 atom stereocenters. The van der Waals surface area contributed by atoms with Crippen LogP contribution >= 0.6 is 0 Å². The molecule has 1 aliphatic rings. The normalized spacial score (nSPS) is 24.8. The van der Waals surface area contributed by atoms with Gasteiger partial charge in [0, 0.05) is 6.04 Å². The summed E-state index contributed by atoms with van der Waals surface area (Å²) in [4.78, 5) is 0. The highest BCUT2D eigenvalue weighted by molar-refractivity contribution is 5.25. The Morgan fingerprint density at radius 1 is 1.10 bits per heavy atom. The van der Waals surface area contributed by atoms with Gasteiger partial charge in [0.1, 0.15) is 0 Å². The molecule has 1 aromatic carbocycles. The lowest BCUT2D eigenvalue weighted by atomic mass is 9.78. The fraction of sp³-hybridized carbons (Fsp3) is 0.647. The molecule has 1 N–H and O–H groups in total. The van der Waals surface area contributed by atoms with Gasteiger partial charge in [0.25, 0.3) is 0 Å². The number of benzene rings is 1. The maximum Gasteiger partial charge on any atom is 0.416 e. The zero-order valence-electron chi connectivity index (χ0n) is 12.7. The van der Waals surface area contributed by atoms with Crippen molar-refractivity contribution in [1.82, 2.24) is 5.32 Å². The first-order valence-electron chi connectivity index (χ1n) is 7.73. The van der Waals surface area contributed by atoms with E-state index >= 15 is 0 Å².